The normalized spacial score (nSPS) is 36.0. The van der Waals surface area contributed by atoms with Crippen LogP contribution in [0, 0.1) is 17.8 Å². The molecule has 0 saturated heterocycles. The van der Waals surface area contributed by atoms with Crippen molar-refractivity contribution in [2.45, 2.75) is 52.1 Å². The smallest absolute Gasteiger partial charge is 0.0688 e. The van der Waals surface area contributed by atoms with Crippen LogP contribution in [-0.4, -0.2) is 17.3 Å². The molecule has 0 spiro atoms. The average molecular weight is 199 g/mol. The molecule has 84 valence electrons. The average Bonchev–Trinajstić information content (AvgIpc) is 2.16. The fraction of sp³-hybridized carbons (Fsp3) is 1.00. The van der Waals surface area contributed by atoms with Gasteiger partial charge in [-0.2, -0.15) is 0 Å². The molecule has 0 aromatic rings. The summed E-state index contributed by atoms with van der Waals surface area (Å²) in [5.74, 6) is 1.61. The van der Waals surface area contributed by atoms with Crippen LogP contribution >= 0.6 is 0 Å². The van der Waals surface area contributed by atoms with Gasteiger partial charge in [-0.1, -0.05) is 27.2 Å². The zero-order valence-electron chi connectivity index (χ0n) is 9.79. The Morgan fingerprint density at radius 3 is 2.57 bits per heavy atom. The van der Waals surface area contributed by atoms with Crippen LogP contribution < -0.4 is 5.73 Å². The van der Waals surface area contributed by atoms with Gasteiger partial charge in [0.1, 0.15) is 0 Å². The third-order valence-electron chi connectivity index (χ3n) is 4.01. The summed E-state index contributed by atoms with van der Waals surface area (Å²) < 4.78 is 0. The second-order valence-corrected chi connectivity index (χ2v) is 5.34. The minimum absolute atomic E-state index is 0.240. The molecule has 2 heteroatoms. The summed E-state index contributed by atoms with van der Waals surface area (Å²) in [6.45, 7) is 7.18. The van der Waals surface area contributed by atoms with Crippen molar-refractivity contribution in [2.75, 3.05) is 6.54 Å². The lowest BCUT2D eigenvalue weighted by molar-refractivity contribution is -0.0631. The van der Waals surface area contributed by atoms with Gasteiger partial charge in [-0.3, -0.25) is 0 Å². The van der Waals surface area contributed by atoms with Gasteiger partial charge in [-0.15, -0.1) is 0 Å². The van der Waals surface area contributed by atoms with Gasteiger partial charge in [0.15, 0.2) is 0 Å². The summed E-state index contributed by atoms with van der Waals surface area (Å²) in [7, 11) is 0. The molecular formula is C12H25NO. The lowest BCUT2D eigenvalue weighted by atomic mass is 9.69. The molecule has 2 nitrogen and oxygen atoms in total. The van der Waals surface area contributed by atoms with Crippen LogP contribution in [0.2, 0.25) is 0 Å². The van der Waals surface area contributed by atoms with E-state index in [1.807, 2.05) is 0 Å². The Morgan fingerprint density at radius 1 is 1.43 bits per heavy atom. The molecule has 1 rings (SSSR count). The van der Waals surface area contributed by atoms with Gasteiger partial charge in [-0.05, 0) is 43.6 Å². The van der Waals surface area contributed by atoms with Gasteiger partial charge < -0.3 is 10.8 Å². The van der Waals surface area contributed by atoms with E-state index in [1.165, 1.54) is 6.42 Å². The topological polar surface area (TPSA) is 46.2 Å². The number of hydrogen-bond donors (Lipinski definition) is 2. The van der Waals surface area contributed by atoms with Gasteiger partial charge in [0, 0.05) is 0 Å². The number of aliphatic hydroxyl groups is 1. The second kappa shape index (κ2) is 4.63. The number of rotatable bonds is 3. The summed E-state index contributed by atoms with van der Waals surface area (Å²) in [6.07, 6.45) is 4.32. The van der Waals surface area contributed by atoms with Gasteiger partial charge in [-0.25, -0.2) is 0 Å². The Kier molecular flexibility index (Phi) is 3.96. The monoisotopic (exact) mass is 199 g/mol. The van der Waals surface area contributed by atoms with Gasteiger partial charge >= 0.3 is 0 Å². The quantitative estimate of drug-likeness (QED) is 0.731. The van der Waals surface area contributed by atoms with Gasteiger partial charge in [0.05, 0.1) is 5.60 Å². The molecule has 0 radical (unpaired) electrons. The van der Waals surface area contributed by atoms with Crippen LogP contribution in [0.3, 0.4) is 0 Å². The molecule has 1 aliphatic carbocycles. The Morgan fingerprint density at radius 2 is 2.07 bits per heavy atom. The van der Waals surface area contributed by atoms with E-state index in [2.05, 4.69) is 20.8 Å². The van der Waals surface area contributed by atoms with Crippen molar-refractivity contribution in [3.63, 3.8) is 0 Å². The van der Waals surface area contributed by atoms with Gasteiger partial charge in [0.2, 0.25) is 0 Å². The van der Waals surface area contributed by atoms with E-state index in [0.29, 0.717) is 18.4 Å². The van der Waals surface area contributed by atoms with E-state index < -0.39 is 5.60 Å². The first-order chi connectivity index (χ1) is 6.49. The fourth-order valence-corrected chi connectivity index (χ4v) is 2.56. The molecule has 1 aliphatic rings. The second-order valence-electron chi connectivity index (χ2n) is 5.34. The largest absolute Gasteiger partial charge is 0.390 e. The van der Waals surface area contributed by atoms with Crippen LogP contribution in [0.4, 0.5) is 0 Å². The number of nitrogens with two attached hydrogens (primary N) is 1. The van der Waals surface area contributed by atoms with Crippen LogP contribution in [0.25, 0.3) is 0 Å². The highest BCUT2D eigenvalue weighted by atomic mass is 16.3. The van der Waals surface area contributed by atoms with Crippen molar-refractivity contribution in [3.05, 3.63) is 0 Å². The number of hydrogen-bond acceptors (Lipinski definition) is 2. The molecule has 0 bridgehead atoms. The van der Waals surface area contributed by atoms with Crippen molar-refractivity contribution in [1.29, 1.82) is 0 Å². The Hall–Kier alpha value is -0.0800. The first kappa shape index (κ1) is 12.0. The van der Waals surface area contributed by atoms with Gasteiger partial charge in [0.25, 0.3) is 0 Å². The van der Waals surface area contributed by atoms with E-state index in [-0.39, 0.29) is 5.92 Å². The molecule has 0 aromatic heterocycles. The van der Waals surface area contributed by atoms with Crippen molar-refractivity contribution >= 4 is 0 Å². The lowest BCUT2D eigenvalue weighted by Crippen LogP contribution is -2.45. The maximum atomic E-state index is 10.5. The molecule has 0 aliphatic heterocycles. The zero-order chi connectivity index (χ0) is 10.8. The summed E-state index contributed by atoms with van der Waals surface area (Å²) in [5, 5.41) is 10.5. The van der Waals surface area contributed by atoms with E-state index >= 15 is 0 Å². The highest BCUT2D eigenvalue weighted by Gasteiger charge is 2.38. The molecule has 1 fully saturated rings. The predicted molar refractivity (Wildman–Crippen MR) is 60.0 cm³/mol. The summed E-state index contributed by atoms with van der Waals surface area (Å²) in [4.78, 5) is 0. The van der Waals surface area contributed by atoms with Crippen molar-refractivity contribution in [3.8, 4) is 0 Å². The van der Waals surface area contributed by atoms with Crippen LogP contribution in [-0.2, 0) is 0 Å². The van der Waals surface area contributed by atoms with Crippen LogP contribution in [0.5, 0.6) is 0 Å². The molecule has 0 aromatic carbocycles. The molecular weight excluding hydrogens is 174 g/mol. The third kappa shape index (κ3) is 2.48. The van der Waals surface area contributed by atoms with Crippen LogP contribution in [0.15, 0.2) is 0 Å². The highest BCUT2D eigenvalue weighted by molar-refractivity contribution is 4.91. The standard InChI is InChI=1S/C12H25NO/c1-9(2)11-5-4-6-12(14,7-11)10(3)8-13/h9-11,14H,4-8,13H2,1-3H3. The molecule has 0 heterocycles. The summed E-state index contributed by atoms with van der Waals surface area (Å²) >= 11 is 0. The first-order valence-corrected chi connectivity index (χ1v) is 5.92. The highest BCUT2D eigenvalue weighted by Crippen LogP contribution is 2.40. The minimum Gasteiger partial charge on any atom is -0.390 e. The maximum Gasteiger partial charge on any atom is 0.0688 e. The summed E-state index contributed by atoms with van der Waals surface area (Å²) in [5.41, 5.74) is 5.17. The Bertz CT molecular complexity index is 181. The van der Waals surface area contributed by atoms with E-state index in [9.17, 15) is 5.11 Å². The molecule has 0 amide bonds. The van der Waals surface area contributed by atoms with Crippen molar-refractivity contribution in [2.24, 2.45) is 23.5 Å². The molecule has 3 unspecified atom stereocenters. The molecule has 3 atom stereocenters. The van der Waals surface area contributed by atoms with Crippen molar-refractivity contribution < 1.29 is 5.11 Å². The third-order valence-corrected chi connectivity index (χ3v) is 4.01. The SMILES string of the molecule is CC(C)C1CCCC(O)(C(C)CN)C1. The lowest BCUT2D eigenvalue weighted by Gasteiger charge is -2.42. The van der Waals surface area contributed by atoms with E-state index in [4.69, 9.17) is 5.73 Å². The maximum absolute atomic E-state index is 10.5. The minimum atomic E-state index is -0.484. The molecule has 1 saturated carbocycles. The summed E-state index contributed by atoms with van der Waals surface area (Å²) in [6, 6.07) is 0. The van der Waals surface area contributed by atoms with Crippen molar-refractivity contribution in [1.82, 2.24) is 0 Å². The fourth-order valence-electron chi connectivity index (χ4n) is 2.56. The first-order valence-electron chi connectivity index (χ1n) is 5.92. The Labute approximate surface area is 87.9 Å². The molecule has 3 N–H and O–H groups in total. The van der Waals surface area contributed by atoms with E-state index in [0.717, 1.165) is 19.3 Å². The predicted octanol–water partition coefficient (Wildman–Crippen LogP) is 2.16. The molecule has 14 heavy (non-hydrogen) atoms. The van der Waals surface area contributed by atoms with E-state index in [1.54, 1.807) is 0 Å². The van der Waals surface area contributed by atoms with Crippen LogP contribution in [0.1, 0.15) is 46.5 Å². The zero-order valence-corrected chi connectivity index (χ0v) is 9.79. The Balaban J connectivity index is 2.62.